The highest BCUT2D eigenvalue weighted by Crippen LogP contribution is 2.44. The summed E-state index contributed by atoms with van der Waals surface area (Å²) in [5, 5.41) is 11.9. The van der Waals surface area contributed by atoms with Gasteiger partial charge in [0.1, 0.15) is 12.6 Å². The van der Waals surface area contributed by atoms with Gasteiger partial charge in [0, 0.05) is 19.0 Å². The summed E-state index contributed by atoms with van der Waals surface area (Å²) in [6, 6.07) is 15.4. The maximum atomic E-state index is 13.0. The summed E-state index contributed by atoms with van der Waals surface area (Å²) >= 11 is 0. The first kappa shape index (κ1) is 24.3. The third-order valence-electron chi connectivity index (χ3n) is 6.12. The molecule has 0 bridgehead atoms. The minimum absolute atomic E-state index is 0.0629. The van der Waals surface area contributed by atoms with Crippen molar-refractivity contribution in [2.75, 3.05) is 19.7 Å². The maximum absolute atomic E-state index is 13.0. The molecule has 0 aromatic heterocycles. The second-order valence-electron chi connectivity index (χ2n) is 8.43. The number of aliphatic carboxylic acids is 1. The quantitative estimate of drug-likeness (QED) is 0.561. The fourth-order valence-corrected chi connectivity index (χ4v) is 4.33. The summed E-state index contributed by atoms with van der Waals surface area (Å²) in [6.45, 7) is 5.91. The zero-order chi connectivity index (χ0) is 24.0. The molecule has 0 aliphatic heterocycles. The second-order valence-corrected chi connectivity index (χ2v) is 8.43. The summed E-state index contributed by atoms with van der Waals surface area (Å²) in [5.74, 6) is -2.00. The largest absolute Gasteiger partial charge is 0.481 e. The highest BCUT2D eigenvalue weighted by atomic mass is 16.5. The summed E-state index contributed by atoms with van der Waals surface area (Å²) in [5.41, 5.74) is 4.53. The number of nitrogens with zero attached hydrogens (tertiary/aromatic N) is 1. The van der Waals surface area contributed by atoms with Crippen LogP contribution in [-0.4, -0.2) is 53.7 Å². The van der Waals surface area contributed by atoms with Crippen molar-refractivity contribution in [1.29, 1.82) is 0 Å². The van der Waals surface area contributed by atoms with Gasteiger partial charge in [0.25, 0.3) is 0 Å². The van der Waals surface area contributed by atoms with Gasteiger partial charge in [0.15, 0.2) is 0 Å². The lowest BCUT2D eigenvalue weighted by atomic mass is 9.98. The van der Waals surface area contributed by atoms with Crippen molar-refractivity contribution < 1.29 is 24.2 Å². The Morgan fingerprint density at radius 3 is 2.12 bits per heavy atom. The van der Waals surface area contributed by atoms with Crippen LogP contribution < -0.4 is 5.32 Å². The van der Waals surface area contributed by atoms with E-state index in [-0.39, 0.29) is 25.0 Å². The van der Waals surface area contributed by atoms with Crippen molar-refractivity contribution in [1.82, 2.24) is 10.2 Å². The van der Waals surface area contributed by atoms with E-state index < -0.39 is 24.0 Å². The van der Waals surface area contributed by atoms with Gasteiger partial charge >= 0.3 is 12.1 Å². The number of likely N-dealkylation sites (N-methyl/N-ethyl adjacent to an activating group) is 1. The van der Waals surface area contributed by atoms with Crippen molar-refractivity contribution in [3.05, 3.63) is 59.7 Å². The minimum Gasteiger partial charge on any atom is -0.481 e. The molecule has 1 aliphatic carbocycles. The van der Waals surface area contributed by atoms with Crippen LogP contribution in [0.25, 0.3) is 11.1 Å². The Bertz CT molecular complexity index is 960. The van der Waals surface area contributed by atoms with Crippen molar-refractivity contribution >= 4 is 18.0 Å². The zero-order valence-corrected chi connectivity index (χ0v) is 19.4. The lowest BCUT2D eigenvalue weighted by Gasteiger charge is -2.28. The Morgan fingerprint density at radius 2 is 1.61 bits per heavy atom. The number of carbonyl (C=O) groups is 3. The molecule has 0 radical (unpaired) electrons. The van der Waals surface area contributed by atoms with Gasteiger partial charge in [-0.25, -0.2) is 4.79 Å². The molecule has 1 aliphatic rings. The highest BCUT2D eigenvalue weighted by Gasteiger charge is 2.31. The topological polar surface area (TPSA) is 95.9 Å². The molecule has 3 rings (SSSR count). The molecule has 0 spiro atoms. The van der Waals surface area contributed by atoms with E-state index in [0.29, 0.717) is 19.4 Å². The smallest absolute Gasteiger partial charge is 0.407 e. The molecule has 2 atom stereocenters. The van der Waals surface area contributed by atoms with E-state index in [2.05, 4.69) is 17.4 Å². The Hall–Kier alpha value is -3.35. The van der Waals surface area contributed by atoms with E-state index >= 15 is 0 Å². The summed E-state index contributed by atoms with van der Waals surface area (Å²) in [7, 11) is 0. The second kappa shape index (κ2) is 11.0. The Morgan fingerprint density at radius 1 is 1.03 bits per heavy atom. The molecule has 0 saturated carbocycles. The molecule has 0 fully saturated rings. The predicted octanol–water partition coefficient (Wildman–Crippen LogP) is 4.26. The molecular weight excluding hydrogens is 420 g/mol. The number of rotatable bonds is 10. The van der Waals surface area contributed by atoms with E-state index in [1.165, 1.54) is 4.90 Å². The van der Waals surface area contributed by atoms with E-state index in [9.17, 15) is 19.5 Å². The van der Waals surface area contributed by atoms with Crippen LogP contribution in [0.15, 0.2) is 48.5 Å². The number of carbonyl (C=O) groups excluding carboxylic acids is 2. The molecule has 0 saturated heterocycles. The standard InChI is InChI=1S/C26H32N2O5/c1-4-10-23(24(29)28(5-2)15-17(3)25(30)31)27-26(32)33-16-22-20-13-8-6-11-18(20)19-12-7-9-14-21(19)22/h6-9,11-14,17,22-23H,4-5,10,15-16H2,1-3H3,(H,27,32)(H,30,31)/t17?,23-/m0/s1. The van der Waals surface area contributed by atoms with Crippen LogP contribution in [-0.2, 0) is 14.3 Å². The van der Waals surface area contributed by atoms with Gasteiger partial charge < -0.3 is 20.1 Å². The van der Waals surface area contributed by atoms with Crippen LogP contribution in [0.5, 0.6) is 0 Å². The number of carboxylic acid groups (broad SMARTS) is 1. The maximum Gasteiger partial charge on any atom is 0.407 e. The number of hydrogen-bond acceptors (Lipinski definition) is 4. The summed E-state index contributed by atoms with van der Waals surface area (Å²) < 4.78 is 5.58. The first-order valence-electron chi connectivity index (χ1n) is 11.5. The van der Waals surface area contributed by atoms with Gasteiger partial charge in [0.2, 0.25) is 5.91 Å². The van der Waals surface area contributed by atoms with Crippen molar-refractivity contribution in [3.8, 4) is 11.1 Å². The average Bonchev–Trinajstić information content (AvgIpc) is 3.14. The Labute approximate surface area is 194 Å². The molecule has 2 amide bonds. The third-order valence-corrected chi connectivity index (χ3v) is 6.12. The van der Waals surface area contributed by atoms with Crippen molar-refractivity contribution in [2.24, 2.45) is 5.92 Å². The molecule has 2 aromatic carbocycles. The molecule has 2 aromatic rings. The lowest BCUT2D eigenvalue weighted by molar-refractivity contribution is -0.143. The Balaban J connectivity index is 1.66. The minimum atomic E-state index is -0.960. The van der Waals surface area contributed by atoms with Gasteiger partial charge in [-0.15, -0.1) is 0 Å². The molecule has 33 heavy (non-hydrogen) atoms. The molecule has 2 N–H and O–H groups in total. The number of nitrogens with one attached hydrogen (secondary N) is 1. The lowest BCUT2D eigenvalue weighted by Crippen LogP contribution is -2.50. The molecule has 7 nitrogen and oxygen atoms in total. The summed E-state index contributed by atoms with van der Waals surface area (Å²) in [4.78, 5) is 38.3. The van der Waals surface area contributed by atoms with E-state index in [1.807, 2.05) is 43.3 Å². The molecule has 1 unspecified atom stereocenters. The van der Waals surface area contributed by atoms with Gasteiger partial charge in [-0.1, -0.05) is 68.8 Å². The summed E-state index contributed by atoms with van der Waals surface area (Å²) in [6.07, 6.45) is 0.485. The van der Waals surface area contributed by atoms with E-state index in [4.69, 9.17) is 4.74 Å². The SMILES string of the molecule is CCC[C@H](NC(=O)OCC1c2ccccc2-c2ccccc21)C(=O)N(CC)CC(C)C(=O)O. The van der Waals surface area contributed by atoms with Crippen LogP contribution >= 0.6 is 0 Å². The molecule has 0 heterocycles. The van der Waals surface area contributed by atoms with E-state index in [0.717, 1.165) is 22.3 Å². The Kier molecular flexibility index (Phi) is 8.09. The van der Waals surface area contributed by atoms with Crippen molar-refractivity contribution in [2.45, 2.75) is 45.6 Å². The van der Waals surface area contributed by atoms with Crippen LogP contribution in [0.2, 0.25) is 0 Å². The van der Waals surface area contributed by atoms with Gasteiger partial charge in [-0.05, 0) is 35.6 Å². The monoisotopic (exact) mass is 452 g/mol. The number of fused-ring (bicyclic) bond motifs is 3. The van der Waals surface area contributed by atoms with Crippen LogP contribution in [0, 0.1) is 5.92 Å². The number of alkyl carbamates (subject to hydrolysis) is 1. The molecular formula is C26H32N2O5. The molecule has 176 valence electrons. The third kappa shape index (κ3) is 5.53. The number of ether oxygens (including phenoxy) is 1. The first-order chi connectivity index (χ1) is 15.9. The first-order valence-corrected chi connectivity index (χ1v) is 11.5. The van der Waals surface area contributed by atoms with E-state index in [1.54, 1.807) is 13.8 Å². The number of benzene rings is 2. The predicted molar refractivity (Wildman–Crippen MR) is 126 cm³/mol. The number of carboxylic acids is 1. The fourth-order valence-electron chi connectivity index (χ4n) is 4.33. The normalized spacial score (nSPS) is 14.0. The molecule has 7 heteroatoms. The average molecular weight is 453 g/mol. The highest BCUT2D eigenvalue weighted by molar-refractivity contribution is 5.86. The number of amides is 2. The van der Waals surface area contributed by atoms with Gasteiger partial charge in [-0.3, -0.25) is 9.59 Å². The fraction of sp³-hybridized carbons (Fsp3) is 0.423. The van der Waals surface area contributed by atoms with Crippen LogP contribution in [0.3, 0.4) is 0 Å². The van der Waals surface area contributed by atoms with Gasteiger partial charge in [0.05, 0.1) is 5.92 Å². The van der Waals surface area contributed by atoms with Crippen LogP contribution in [0.4, 0.5) is 4.79 Å². The number of hydrogen-bond donors (Lipinski definition) is 2. The zero-order valence-electron chi connectivity index (χ0n) is 19.4. The van der Waals surface area contributed by atoms with Crippen molar-refractivity contribution in [3.63, 3.8) is 0 Å². The van der Waals surface area contributed by atoms with Crippen LogP contribution in [0.1, 0.15) is 50.7 Å². The van der Waals surface area contributed by atoms with Gasteiger partial charge in [-0.2, -0.15) is 0 Å².